The van der Waals surface area contributed by atoms with Crippen molar-refractivity contribution in [3.8, 4) is 0 Å². The fourth-order valence-electron chi connectivity index (χ4n) is 2.64. The van der Waals surface area contributed by atoms with E-state index < -0.39 is 15.8 Å². The molecule has 3 N–H and O–H groups in total. The van der Waals surface area contributed by atoms with Crippen molar-refractivity contribution in [2.75, 3.05) is 30.3 Å². The number of benzene rings is 1. The van der Waals surface area contributed by atoms with Gasteiger partial charge in [0.05, 0.1) is 10.4 Å². The van der Waals surface area contributed by atoms with Crippen molar-refractivity contribution < 1.29 is 12.8 Å². The molecule has 10 nitrogen and oxygen atoms in total. The van der Waals surface area contributed by atoms with E-state index in [2.05, 4.69) is 25.3 Å². The van der Waals surface area contributed by atoms with Gasteiger partial charge in [-0.1, -0.05) is 0 Å². The molecule has 0 aliphatic heterocycles. The van der Waals surface area contributed by atoms with Crippen molar-refractivity contribution >= 4 is 32.9 Å². The van der Waals surface area contributed by atoms with Gasteiger partial charge in [0.2, 0.25) is 16.0 Å². The summed E-state index contributed by atoms with van der Waals surface area (Å²) in [6.45, 7) is 5.01. The van der Waals surface area contributed by atoms with Crippen LogP contribution in [0.4, 0.5) is 11.8 Å². The van der Waals surface area contributed by atoms with Gasteiger partial charge < -0.3 is 15.1 Å². The molecular formula is C17H22N6O4S. The number of nitrogens with one attached hydrogen (secondary N) is 3. The molecule has 0 saturated carbocycles. The minimum Gasteiger partial charge on any atom is -0.408 e. The molecule has 28 heavy (non-hydrogen) atoms. The largest absolute Gasteiger partial charge is 0.419 e. The quantitative estimate of drug-likeness (QED) is 0.473. The standard InChI is InChI=1S/C17H22N6O4S/c1-4-18-15-9-11(2)21-16(22-15)19-7-8-20-28(25,26)12-5-6-14-13(10-12)23(3)17(24)27-14/h5-6,9-10,20H,4,7-8H2,1-3H3,(H2,18,19,21,22). The lowest BCUT2D eigenvalue weighted by atomic mass is 10.3. The number of oxazole rings is 1. The van der Waals surface area contributed by atoms with Crippen molar-refractivity contribution in [2.24, 2.45) is 7.05 Å². The Kier molecular flexibility index (Phi) is 5.66. The fourth-order valence-corrected chi connectivity index (χ4v) is 3.69. The van der Waals surface area contributed by atoms with Gasteiger partial charge in [0.1, 0.15) is 5.82 Å². The first-order chi connectivity index (χ1) is 13.3. The molecule has 3 aromatic rings. The Bertz CT molecular complexity index is 1150. The van der Waals surface area contributed by atoms with Crippen LogP contribution in [0.25, 0.3) is 11.1 Å². The van der Waals surface area contributed by atoms with Gasteiger partial charge in [0.25, 0.3) is 0 Å². The summed E-state index contributed by atoms with van der Waals surface area (Å²) in [6, 6.07) is 6.10. The smallest absolute Gasteiger partial charge is 0.408 e. The van der Waals surface area contributed by atoms with Crippen LogP contribution in [-0.4, -0.2) is 42.6 Å². The van der Waals surface area contributed by atoms with Gasteiger partial charge in [-0.15, -0.1) is 0 Å². The summed E-state index contributed by atoms with van der Waals surface area (Å²) in [7, 11) is -2.22. The SMILES string of the molecule is CCNc1cc(C)nc(NCCNS(=O)(=O)c2ccc3oc(=O)n(C)c3c2)n1. The van der Waals surface area contributed by atoms with E-state index in [9.17, 15) is 13.2 Å². The van der Waals surface area contributed by atoms with Gasteiger partial charge >= 0.3 is 5.76 Å². The molecule has 1 aromatic carbocycles. The highest BCUT2D eigenvalue weighted by Gasteiger charge is 2.16. The third kappa shape index (κ3) is 4.31. The van der Waals surface area contributed by atoms with Gasteiger partial charge in [0, 0.05) is 38.4 Å². The van der Waals surface area contributed by atoms with Crippen LogP contribution in [0.1, 0.15) is 12.6 Å². The molecule has 0 aliphatic carbocycles. The maximum atomic E-state index is 12.5. The van der Waals surface area contributed by atoms with E-state index in [0.717, 1.165) is 12.2 Å². The van der Waals surface area contributed by atoms with Crippen molar-refractivity contribution in [2.45, 2.75) is 18.7 Å². The first-order valence-corrected chi connectivity index (χ1v) is 10.2. The van der Waals surface area contributed by atoms with Gasteiger partial charge in [-0.2, -0.15) is 4.98 Å². The lowest BCUT2D eigenvalue weighted by molar-refractivity contribution is 0.528. The number of hydrogen-bond acceptors (Lipinski definition) is 8. The number of fused-ring (bicyclic) bond motifs is 1. The summed E-state index contributed by atoms with van der Waals surface area (Å²) in [5.74, 6) is 0.582. The van der Waals surface area contributed by atoms with E-state index >= 15 is 0 Å². The third-order valence-electron chi connectivity index (χ3n) is 3.99. The van der Waals surface area contributed by atoms with Crippen LogP contribution in [0.15, 0.2) is 38.4 Å². The Morgan fingerprint density at radius 1 is 1.14 bits per heavy atom. The molecule has 2 aromatic heterocycles. The molecule has 0 bridgehead atoms. The summed E-state index contributed by atoms with van der Waals surface area (Å²) < 4.78 is 33.8. The summed E-state index contributed by atoms with van der Waals surface area (Å²) in [6.07, 6.45) is 0. The Hall–Kier alpha value is -2.92. The molecule has 0 fully saturated rings. The van der Waals surface area contributed by atoms with Gasteiger partial charge in [-0.05, 0) is 32.0 Å². The van der Waals surface area contributed by atoms with Crippen molar-refractivity contribution in [1.82, 2.24) is 19.3 Å². The van der Waals surface area contributed by atoms with Crippen molar-refractivity contribution in [3.05, 3.63) is 40.5 Å². The van der Waals surface area contributed by atoms with E-state index in [0.29, 0.717) is 29.4 Å². The molecule has 0 aliphatic rings. The van der Waals surface area contributed by atoms with Crippen LogP contribution >= 0.6 is 0 Å². The van der Waals surface area contributed by atoms with Crippen molar-refractivity contribution in [1.29, 1.82) is 0 Å². The van der Waals surface area contributed by atoms with Crippen LogP contribution in [0.2, 0.25) is 0 Å². The predicted molar refractivity (Wildman–Crippen MR) is 106 cm³/mol. The van der Waals surface area contributed by atoms with Gasteiger partial charge in [-0.3, -0.25) is 4.57 Å². The second-order valence-electron chi connectivity index (χ2n) is 6.13. The molecule has 0 atom stereocenters. The Morgan fingerprint density at radius 2 is 1.93 bits per heavy atom. The maximum Gasteiger partial charge on any atom is 0.419 e. The first kappa shape index (κ1) is 19.8. The summed E-state index contributed by atoms with van der Waals surface area (Å²) >= 11 is 0. The van der Waals surface area contributed by atoms with E-state index in [4.69, 9.17) is 4.42 Å². The Labute approximate surface area is 162 Å². The molecule has 150 valence electrons. The van der Waals surface area contributed by atoms with Crippen LogP contribution in [0.3, 0.4) is 0 Å². The predicted octanol–water partition coefficient (Wildman–Crippen LogP) is 1.05. The average Bonchev–Trinajstić information content (AvgIpc) is 2.92. The molecule has 2 heterocycles. The van der Waals surface area contributed by atoms with Crippen LogP contribution in [0, 0.1) is 6.92 Å². The molecule has 3 rings (SSSR count). The average molecular weight is 406 g/mol. The van der Waals surface area contributed by atoms with E-state index in [1.54, 1.807) is 0 Å². The zero-order valence-electron chi connectivity index (χ0n) is 15.8. The number of hydrogen-bond donors (Lipinski definition) is 3. The second kappa shape index (κ2) is 7.98. The summed E-state index contributed by atoms with van der Waals surface area (Å²) in [5, 5.41) is 6.11. The highest BCUT2D eigenvalue weighted by Crippen LogP contribution is 2.17. The topological polar surface area (TPSA) is 131 Å². The van der Waals surface area contributed by atoms with Crippen LogP contribution < -0.4 is 21.1 Å². The lowest BCUT2D eigenvalue weighted by Crippen LogP contribution is -2.29. The van der Waals surface area contributed by atoms with E-state index in [1.165, 1.54) is 29.8 Å². The minimum absolute atomic E-state index is 0.0534. The highest BCUT2D eigenvalue weighted by atomic mass is 32.2. The maximum absolute atomic E-state index is 12.5. The number of nitrogens with zero attached hydrogens (tertiary/aromatic N) is 3. The Morgan fingerprint density at radius 3 is 2.68 bits per heavy atom. The number of aromatic nitrogens is 3. The summed E-state index contributed by atoms with van der Waals surface area (Å²) in [5.41, 5.74) is 1.55. The second-order valence-corrected chi connectivity index (χ2v) is 7.90. The number of aryl methyl sites for hydroxylation is 2. The molecular weight excluding hydrogens is 384 g/mol. The molecule has 0 saturated heterocycles. The number of anilines is 2. The van der Waals surface area contributed by atoms with Crippen molar-refractivity contribution in [3.63, 3.8) is 0 Å². The summed E-state index contributed by atoms with van der Waals surface area (Å²) in [4.78, 5) is 20.2. The normalized spacial score (nSPS) is 11.7. The molecule has 0 spiro atoms. The molecule has 0 amide bonds. The van der Waals surface area contributed by atoms with Crippen LogP contribution in [0.5, 0.6) is 0 Å². The zero-order chi connectivity index (χ0) is 20.3. The number of rotatable bonds is 8. The fraction of sp³-hybridized carbons (Fsp3) is 0.353. The molecule has 11 heteroatoms. The van der Waals surface area contributed by atoms with Crippen LogP contribution in [-0.2, 0) is 17.1 Å². The Balaban J connectivity index is 1.64. The van der Waals surface area contributed by atoms with Gasteiger partial charge in [-0.25, -0.2) is 22.9 Å². The number of sulfonamides is 1. The zero-order valence-corrected chi connectivity index (χ0v) is 16.6. The van der Waals surface area contributed by atoms with E-state index in [-0.39, 0.29) is 11.4 Å². The molecule has 0 radical (unpaired) electrons. The third-order valence-corrected chi connectivity index (χ3v) is 5.44. The first-order valence-electron chi connectivity index (χ1n) is 8.73. The minimum atomic E-state index is -3.74. The molecule has 0 unspecified atom stereocenters. The van der Waals surface area contributed by atoms with E-state index in [1.807, 2.05) is 19.9 Å². The highest BCUT2D eigenvalue weighted by molar-refractivity contribution is 7.89. The van der Waals surface area contributed by atoms with Gasteiger partial charge in [0.15, 0.2) is 5.58 Å². The lowest BCUT2D eigenvalue weighted by Gasteiger charge is -2.10. The monoisotopic (exact) mass is 406 g/mol.